The summed E-state index contributed by atoms with van der Waals surface area (Å²) in [5.74, 6) is -0.349. The van der Waals surface area contributed by atoms with Gasteiger partial charge in [-0.05, 0) is 27.7 Å². The number of carbonyl (C=O) groups excluding carboxylic acids is 1. The van der Waals surface area contributed by atoms with Crippen LogP contribution < -0.4 is 0 Å². The van der Waals surface area contributed by atoms with Gasteiger partial charge in [0.2, 0.25) is 0 Å². The van der Waals surface area contributed by atoms with Gasteiger partial charge in [-0.2, -0.15) is 12.6 Å². The van der Waals surface area contributed by atoms with E-state index in [1.165, 1.54) is 11.8 Å². The molecule has 13 heavy (non-hydrogen) atoms. The number of thiol groups is 1. The van der Waals surface area contributed by atoms with Crippen molar-refractivity contribution in [2.75, 3.05) is 0 Å². The molecule has 2 nitrogen and oxygen atoms in total. The molecule has 0 aliphatic heterocycles. The van der Waals surface area contributed by atoms with Gasteiger partial charge in [-0.15, -0.1) is 11.8 Å². The molecule has 0 aromatic carbocycles. The summed E-state index contributed by atoms with van der Waals surface area (Å²) in [5, 5.41) is 0. The van der Waals surface area contributed by atoms with Crippen LogP contribution in [-0.2, 0) is 9.53 Å². The maximum atomic E-state index is 11.1. The van der Waals surface area contributed by atoms with Crippen LogP contribution in [-0.4, -0.2) is 15.5 Å². The van der Waals surface area contributed by atoms with Crippen molar-refractivity contribution in [1.29, 1.82) is 0 Å². The van der Waals surface area contributed by atoms with E-state index in [2.05, 4.69) is 19.2 Å². The van der Waals surface area contributed by atoms with E-state index in [1.54, 1.807) is 6.92 Å². The van der Waals surface area contributed by atoms with Gasteiger partial charge >= 0.3 is 5.97 Å². The molecule has 0 radical (unpaired) electrons. The molecule has 0 saturated carbocycles. The lowest BCUT2D eigenvalue weighted by atomic mass is 10.4. The fraction of sp³-hybridized carbons (Fsp3) is 0.667. The Bertz CT molecular complexity index is 206. The number of ether oxygens (including phenoxy) is 1. The zero-order valence-corrected chi connectivity index (χ0v) is 10.2. The summed E-state index contributed by atoms with van der Waals surface area (Å²) >= 11 is 5.80. The molecule has 0 amide bonds. The summed E-state index contributed by atoms with van der Waals surface area (Å²) in [4.78, 5) is 11.1. The molecule has 0 heterocycles. The Morgan fingerprint density at radius 2 is 2.08 bits per heavy atom. The highest BCUT2D eigenvalue weighted by Crippen LogP contribution is 2.32. The Balaban J connectivity index is 3.95. The van der Waals surface area contributed by atoms with E-state index in [0.717, 1.165) is 0 Å². The van der Waals surface area contributed by atoms with E-state index in [1.807, 2.05) is 20.8 Å². The van der Waals surface area contributed by atoms with Crippen LogP contribution in [0.3, 0.4) is 0 Å². The van der Waals surface area contributed by atoms with Crippen molar-refractivity contribution in [1.82, 2.24) is 0 Å². The van der Waals surface area contributed by atoms with Crippen molar-refractivity contribution in [2.45, 2.75) is 37.2 Å². The Hall–Kier alpha value is -0.0900. The number of carbonyl (C=O) groups is 1. The highest BCUT2D eigenvalue weighted by molar-refractivity contribution is 8.11. The summed E-state index contributed by atoms with van der Waals surface area (Å²) in [7, 11) is 0. The first kappa shape index (κ1) is 12.9. The van der Waals surface area contributed by atoms with Gasteiger partial charge in [0.15, 0.2) is 0 Å². The molecule has 0 spiro atoms. The smallest absolute Gasteiger partial charge is 0.334 e. The van der Waals surface area contributed by atoms with Crippen LogP contribution in [0.5, 0.6) is 0 Å². The normalized spacial score (nSPS) is 13.6. The lowest BCUT2D eigenvalue weighted by Crippen LogP contribution is -2.17. The van der Waals surface area contributed by atoms with Gasteiger partial charge < -0.3 is 4.74 Å². The molecule has 76 valence electrons. The van der Waals surface area contributed by atoms with Crippen molar-refractivity contribution < 1.29 is 9.53 Å². The molecule has 0 bridgehead atoms. The molecule has 1 atom stereocenters. The summed E-state index contributed by atoms with van der Waals surface area (Å²) < 4.78 is 4.86. The minimum atomic E-state index is -0.349. The summed E-state index contributed by atoms with van der Waals surface area (Å²) in [6.45, 7) is 10.9. The number of rotatable bonds is 4. The van der Waals surface area contributed by atoms with Crippen LogP contribution in [0.25, 0.3) is 0 Å². The predicted octanol–water partition coefficient (Wildman–Crippen LogP) is 2.85. The third-order valence-corrected chi connectivity index (χ3v) is 2.40. The predicted molar refractivity (Wildman–Crippen MR) is 61.0 cm³/mol. The molecule has 1 unspecified atom stereocenters. The molecule has 0 saturated heterocycles. The van der Waals surface area contributed by atoms with Crippen LogP contribution in [0, 0.1) is 0 Å². The molecule has 0 aromatic heterocycles. The van der Waals surface area contributed by atoms with Crippen LogP contribution in [0.4, 0.5) is 0 Å². The van der Waals surface area contributed by atoms with Gasteiger partial charge in [0.25, 0.3) is 0 Å². The number of esters is 1. The monoisotopic (exact) mass is 220 g/mol. The van der Waals surface area contributed by atoms with Crippen LogP contribution in [0.1, 0.15) is 27.7 Å². The number of hydrogen-bond acceptors (Lipinski definition) is 4. The minimum absolute atomic E-state index is 0.198. The van der Waals surface area contributed by atoms with Crippen molar-refractivity contribution in [2.24, 2.45) is 0 Å². The Kier molecular flexibility index (Phi) is 4.92. The molecular formula is C9H16O2S2. The average molecular weight is 220 g/mol. The quantitative estimate of drug-likeness (QED) is 0.341. The fourth-order valence-corrected chi connectivity index (χ4v) is 2.07. The van der Waals surface area contributed by atoms with E-state index < -0.39 is 0 Å². The maximum absolute atomic E-state index is 11.1. The SMILES string of the molecule is C=C(C)C(=O)OC(C)SC(C)(C)S. The average Bonchev–Trinajstić information content (AvgIpc) is 1.81. The lowest BCUT2D eigenvalue weighted by molar-refractivity contribution is -0.139. The van der Waals surface area contributed by atoms with Gasteiger partial charge in [-0.1, -0.05) is 6.58 Å². The third kappa shape index (κ3) is 7.02. The molecule has 0 rings (SSSR count). The molecular weight excluding hydrogens is 204 g/mol. The van der Waals surface area contributed by atoms with E-state index in [9.17, 15) is 4.79 Å². The Morgan fingerprint density at radius 3 is 2.38 bits per heavy atom. The molecule has 0 fully saturated rings. The first-order valence-corrected chi connectivity index (χ1v) is 5.32. The third-order valence-electron chi connectivity index (χ3n) is 1.08. The van der Waals surface area contributed by atoms with Crippen molar-refractivity contribution in [3.05, 3.63) is 12.2 Å². The highest BCUT2D eigenvalue weighted by Gasteiger charge is 2.19. The second kappa shape index (κ2) is 4.96. The fourth-order valence-electron chi connectivity index (χ4n) is 0.682. The number of hydrogen-bond donors (Lipinski definition) is 1. The number of thioether (sulfide) groups is 1. The second-order valence-corrected chi connectivity index (χ2v) is 6.66. The first-order chi connectivity index (χ1) is 5.72. The summed E-state index contributed by atoms with van der Waals surface area (Å²) in [6, 6.07) is 0. The lowest BCUT2D eigenvalue weighted by Gasteiger charge is -2.21. The summed E-state index contributed by atoms with van der Waals surface area (Å²) in [5.41, 5.74) is 0.223. The molecule has 0 N–H and O–H groups in total. The first-order valence-electron chi connectivity index (χ1n) is 3.99. The zero-order chi connectivity index (χ0) is 10.6. The van der Waals surface area contributed by atoms with E-state index in [-0.39, 0.29) is 15.5 Å². The molecule has 0 aromatic rings. The zero-order valence-electron chi connectivity index (χ0n) is 8.46. The largest absolute Gasteiger partial charge is 0.448 e. The van der Waals surface area contributed by atoms with Gasteiger partial charge in [0.05, 0.1) is 4.08 Å². The van der Waals surface area contributed by atoms with Gasteiger partial charge in [0.1, 0.15) is 5.44 Å². The highest BCUT2D eigenvalue weighted by atomic mass is 32.2. The van der Waals surface area contributed by atoms with E-state index in [0.29, 0.717) is 5.57 Å². The van der Waals surface area contributed by atoms with Gasteiger partial charge in [0, 0.05) is 5.57 Å². The van der Waals surface area contributed by atoms with Crippen molar-refractivity contribution in [3.63, 3.8) is 0 Å². The minimum Gasteiger partial charge on any atom is -0.448 e. The van der Waals surface area contributed by atoms with E-state index in [4.69, 9.17) is 4.74 Å². The topological polar surface area (TPSA) is 26.3 Å². The molecule has 4 heteroatoms. The Labute approximate surface area is 89.5 Å². The van der Waals surface area contributed by atoms with Gasteiger partial charge in [-0.25, -0.2) is 4.79 Å². The second-order valence-electron chi connectivity index (χ2n) is 3.32. The van der Waals surface area contributed by atoms with Crippen molar-refractivity contribution in [3.8, 4) is 0 Å². The summed E-state index contributed by atoms with van der Waals surface area (Å²) in [6.07, 6.45) is 0. The Morgan fingerprint density at radius 1 is 1.62 bits per heavy atom. The van der Waals surface area contributed by atoms with Crippen LogP contribution in [0.2, 0.25) is 0 Å². The maximum Gasteiger partial charge on any atom is 0.334 e. The standard InChI is InChI=1S/C9H16O2S2/c1-6(2)8(10)11-7(3)13-9(4,5)12/h7,12H,1H2,2-5H3. The van der Waals surface area contributed by atoms with Crippen LogP contribution >= 0.6 is 24.4 Å². The molecule has 0 aliphatic carbocycles. The van der Waals surface area contributed by atoms with Crippen molar-refractivity contribution >= 4 is 30.4 Å². The van der Waals surface area contributed by atoms with Crippen LogP contribution in [0.15, 0.2) is 12.2 Å². The van der Waals surface area contributed by atoms with E-state index >= 15 is 0 Å². The van der Waals surface area contributed by atoms with Gasteiger partial charge in [-0.3, -0.25) is 0 Å². The molecule has 0 aliphatic rings.